The van der Waals surface area contributed by atoms with Crippen LogP contribution in [0.1, 0.15) is 17.2 Å². The van der Waals surface area contributed by atoms with E-state index >= 15 is 0 Å². The Hall–Kier alpha value is -0.910. The third-order valence-corrected chi connectivity index (χ3v) is 4.37. The lowest BCUT2D eigenvalue weighted by Gasteiger charge is -2.15. The summed E-state index contributed by atoms with van der Waals surface area (Å²) in [6, 6.07) is 10.1. The zero-order valence-electron chi connectivity index (χ0n) is 10.9. The van der Waals surface area contributed by atoms with Gasteiger partial charge in [0.15, 0.2) is 0 Å². The lowest BCUT2D eigenvalue weighted by atomic mass is 9.99. The summed E-state index contributed by atoms with van der Waals surface area (Å²) >= 11 is 6.85. The van der Waals surface area contributed by atoms with E-state index in [4.69, 9.17) is 10.5 Å². The molecule has 2 nitrogen and oxygen atoms in total. The highest BCUT2D eigenvalue weighted by Crippen LogP contribution is 2.29. The van der Waals surface area contributed by atoms with Crippen LogP contribution < -0.4 is 10.5 Å². The largest absolute Gasteiger partial charge is 0.496 e. The summed E-state index contributed by atoms with van der Waals surface area (Å²) < 4.78 is 20.2. The Balaban J connectivity index is 2.21. The van der Waals surface area contributed by atoms with E-state index in [0.29, 0.717) is 6.42 Å². The maximum atomic E-state index is 13.3. The van der Waals surface area contributed by atoms with Gasteiger partial charge in [-0.05, 0) is 63.8 Å². The third kappa shape index (κ3) is 3.59. The van der Waals surface area contributed by atoms with Crippen LogP contribution in [-0.2, 0) is 6.42 Å². The second kappa shape index (κ2) is 6.70. The molecule has 0 saturated heterocycles. The van der Waals surface area contributed by atoms with Crippen LogP contribution in [0.5, 0.6) is 5.75 Å². The average molecular weight is 403 g/mol. The molecule has 0 heterocycles. The predicted molar refractivity (Wildman–Crippen MR) is 85.4 cm³/mol. The highest BCUT2D eigenvalue weighted by atomic mass is 79.9. The lowest BCUT2D eigenvalue weighted by Crippen LogP contribution is -2.14. The van der Waals surface area contributed by atoms with Gasteiger partial charge in [-0.25, -0.2) is 4.39 Å². The van der Waals surface area contributed by atoms with Crippen LogP contribution in [-0.4, -0.2) is 7.11 Å². The molecule has 0 radical (unpaired) electrons. The van der Waals surface area contributed by atoms with Crippen molar-refractivity contribution in [1.82, 2.24) is 0 Å². The van der Waals surface area contributed by atoms with Crippen LogP contribution in [0.4, 0.5) is 4.39 Å². The topological polar surface area (TPSA) is 35.2 Å². The van der Waals surface area contributed by atoms with Gasteiger partial charge in [-0.3, -0.25) is 0 Å². The summed E-state index contributed by atoms with van der Waals surface area (Å²) in [5.41, 5.74) is 7.99. The molecule has 0 aliphatic rings. The van der Waals surface area contributed by atoms with Crippen LogP contribution in [0.2, 0.25) is 0 Å². The van der Waals surface area contributed by atoms with E-state index in [1.807, 2.05) is 18.2 Å². The Morgan fingerprint density at radius 1 is 1.15 bits per heavy atom. The van der Waals surface area contributed by atoms with Crippen LogP contribution in [0.15, 0.2) is 45.3 Å². The Kier molecular flexibility index (Phi) is 5.18. The molecule has 0 spiro atoms. The molecule has 0 aromatic heterocycles. The molecule has 2 rings (SSSR count). The first-order chi connectivity index (χ1) is 9.51. The highest BCUT2D eigenvalue weighted by molar-refractivity contribution is 9.10. The molecule has 0 saturated carbocycles. The molecular weight excluding hydrogens is 389 g/mol. The fraction of sp³-hybridized carbons (Fsp3) is 0.200. The van der Waals surface area contributed by atoms with Crippen molar-refractivity contribution in [3.05, 3.63) is 62.3 Å². The minimum atomic E-state index is -0.283. The lowest BCUT2D eigenvalue weighted by molar-refractivity contribution is 0.412. The van der Waals surface area contributed by atoms with Gasteiger partial charge in [0.2, 0.25) is 0 Å². The zero-order valence-corrected chi connectivity index (χ0v) is 14.0. The molecule has 106 valence electrons. The van der Waals surface area contributed by atoms with E-state index in [1.165, 1.54) is 12.1 Å². The number of ether oxygens (including phenoxy) is 1. The minimum absolute atomic E-state index is 0.277. The first-order valence-corrected chi connectivity index (χ1v) is 7.63. The Morgan fingerprint density at radius 3 is 2.55 bits per heavy atom. The van der Waals surface area contributed by atoms with Gasteiger partial charge < -0.3 is 10.5 Å². The van der Waals surface area contributed by atoms with E-state index in [0.717, 1.165) is 25.8 Å². The highest BCUT2D eigenvalue weighted by Gasteiger charge is 2.13. The monoisotopic (exact) mass is 401 g/mol. The van der Waals surface area contributed by atoms with Gasteiger partial charge >= 0.3 is 0 Å². The Labute approximate surface area is 134 Å². The molecule has 2 aromatic rings. The van der Waals surface area contributed by atoms with Gasteiger partial charge in [0, 0.05) is 10.5 Å². The van der Waals surface area contributed by atoms with Gasteiger partial charge in [0.25, 0.3) is 0 Å². The molecule has 2 N–H and O–H groups in total. The van der Waals surface area contributed by atoms with Crippen LogP contribution >= 0.6 is 31.9 Å². The fourth-order valence-electron chi connectivity index (χ4n) is 2.00. The van der Waals surface area contributed by atoms with E-state index < -0.39 is 0 Å². The molecule has 1 atom stereocenters. The molecular formula is C15H14Br2FNO. The van der Waals surface area contributed by atoms with E-state index in [-0.39, 0.29) is 11.9 Å². The Bertz CT molecular complexity index is 619. The summed E-state index contributed by atoms with van der Waals surface area (Å²) in [6.07, 6.45) is 0.616. The summed E-state index contributed by atoms with van der Waals surface area (Å²) in [4.78, 5) is 0. The summed E-state index contributed by atoms with van der Waals surface area (Å²) in [5, 5.41) is 0. The van der Waals surface area contributed by atoms with Crippen LogP contribution in [0.25, 0.3) is 0 Å². The average Bonchev–Trinajstić information content (AvgIpc) is 2.41. The van der Waals surface area contributed by atoms with E-state index in [9.17, 15) is 4.39 Å². The van der Waals surface area contributed by atoms with Crippen molar-refractivity contribution in [2.24, 2.45) is 5.73 Å². The first-order valence-electron chi connectivity index (χ1n) is 6.04. The summed E-state index contributed by atoms with van der Waals surface area (Å²) in [5.74, 6) is 0.490. The molecule has 2 aromatic carbocycles. The van der Waals surface area contributed by atoms with Crippen molar-refractivity contribution in [2.45, 2.75) is 12.5 Å². The quantitative estimate of drug-likeness (QED) is 0.810. The van der Waals surface area contributed by atoms with Crippen molar-refractivity contribution in [2.75, 3.05) is 7.11 Å². The molecule has 0 aliphatic carbocycles. The van der Waals surface area contributed by atoms with Crippen molar-refractivity contribution in [1.29, 1.82) is 0 Å². The number of hydrogen-bond donors (Lipinski definition) is 1. The van der Waals surface area contributed by atoms with Gasteiger partial charge in [-0.1, -0.05) is 22.0 Å². The van der Waals surface area contributed by atoms with Crippen molar-refractivity contribution < 1.29 is 9.13 Å². The third-order valence-electron chi connectivity index (χ3n) is 3.03. The normalized spacial score (nSPS) is 12.2. The van der Waals surface area contributed by atoms with Gasteiger partial charge in [0.1, 0.15) is 11.6 Å². The minimum Gasteiger partial charge on any atom is -0.496 e. The molecule has 0 fully saturated rings. The van der Waals surface area contributed by atoms with E-state index in [1.54, 1.807) is 13.2 Å². The standard InChI is InChI=1S/C15H14Br2FNO/c1-20-15-5-2-9(6-13(15)17)7-14(19)11-8-10(18)3-4-12(11)16/h2-6,8,14H,7,19H2,1H3. The summed E-state index contributed by atoms with van der Waals surface area (Å²) in [6.45, 7) is 0. The number of hydrogen-bond acceptors (Lipinski definition) is 2. The van der Waals surface area contributed by atoms with Gasteiger partial charge in [-0.2, -0.15) is 0 Å². The predicted octanol–water partition coefficient (Wildman–Crippen LogP) is 4.60. The zero-order chi connectivity index (χ0) is 14.7. The van der Waals surface area contributed by atoms with Crippen LogP contribution in [0.3, 0.4) is 0 Å². The second-order valence-corrected chi connectivity index (χ2v) is 6.15. The number of nitrogens with two attached hydrogens (primary N) is 1. The number of halogens is 3. The summed E-state index contributed by atoms with van der Waals surface area (Å²) in [7, 11) is 1.62. The maximum Gasteiger partial charge on any atom is 0.133 e. The fourth-order valence-corrected chi connectivity index (χ4v) is 3.13. The van der Waals surface area contributed by atoms with Gasteiger partial charge in [-0.15, -0.1) is 0 Å². The molecule has 20 heavy (non-hydrogen) atoms. The van der Waals surface area contributed by atoms with Gasteiger partial charge in [0.05, 0.1) is 11.6 Å². The maximum absolute atomic E-state index is 13.3. The Morgan fingerprint density at radius 2 is 1.90 bits per heavy atom. The first kappa shape index (κ1) is 15.5. The van der Waals surface area contributed by atoms with Crippen molar-refractivity contribution >= 4 is 31.9 Å². The van der Waals surface area contributed by atoms with Crippen molar-refractivity contribution in [3.8, 4) is 5.75 Å². The molecule has 0 aliphatic heterocycles. The van der Waals surface area contributed by atoms with Crippen LogP contribution in [0, 0.1) is 5.82 Å². The SMILES string of the molecule is COc1ccc(CC(N)c2cc(F)ccc2Br)cc1Br. The molecule has 0 amide bonds. The molecule has 0 bridgehead atoms. The number of rotatable bonds is 4. The smallest absolute Gasteiger partial charge is 0.133 e. The van der Waals surface area contributed by atoms with Crippen molar-refractivity contribution in [3.63, 3.8) is 0 Å². The number of methoxy groups -OCH3 is 1. The number of benzene rings is 2. The van der Waals surface area contributed by atoms with E-state index in [2.05, 4.69) is 31.9 Å². The molecule has 5 heteroatoms. The molecule has 1 unspecified atom stereocenters. The second-order valence-electron chi connectivity index (χ2n) is 4.45.